The molecule has 0 bridgehead atoms. The van der Waals surface area contributed by atoms with Gasteiger partial charge in [-0.3, -0.25) is 10.0 Å². The summed E-state index contributed by atoms with van der Waals surface area (Å²) < 4.78 is 5.26. The molecule has 0 aliphatic heterocycles. The van der Waals surface area contributed by atoms with Gasteiger partial charge in [0.25, 0.3) is 5.91 Å². The molecule has 0 unspecified atom stereocenters. The van der Waals surface area contributed by atoms with Gasteiger partial charge in [0.1, 0.15) is 5.75 Å². The Morgan fingerprint density at radius 1 is 1.47 bits per heavy atom. The maximum absolute atomic E-state index is 10.7. The van der Waals surface area contributed by atoms with E-state index in [2.05, 4.69) is 0 Å². The number of amides is 1. The number of hydrogen-bond acceptors (Lipinski definition) is 3. The van der Waals surface area contributed by atoms with Crippen LogP contribution in [0.5, 0.6) is 5.75 Å². The Bertz CT molecular complexity index is 343. The average Bonchev–Trinajstić information content (AvgIpc) is 2.28. The van der Waals surface area contributed by atoms with Gasteiger partial charge in [-0.25, -0.2) is 5.48 Å². The van der Waals surface area contributed by atoms with Gasteiger partial charge >= 0.3 is 0 Å². The molecule has 0 atom stereocenters. The van der Waals surface area contributed by atoms with Crippen molar-refractivity contribution in [3.05, 3.63) is 35.9 Å². The zero-order valence-corrected chi connectivity index (χ0v) is 8.43. The number of ether oxygens (including phenoxy) is 1. The summed E-state index contributed by atoms with van der Waals surface area (Å²) >= 11 is 0. The molecular formula is C11H13NO3. The summed E-state index contributed by atoms with van der Waals surface area (Å²) in [6.07, 6.45) is 2.84. The van der Waals surface area contributed by atoms with Crippen LogP contribution in [-0.2, 0) is 4.79 Å². The molecule has 2 N–H and O–H groups in total. The Balaban J connectivity index is 2.64. The van der Waals surface area contributed by atoms with Crippen LogP contribution in [0.3, 0.4) is 0 Å². The molecule has 1 rings (SSSR count). The molecule has 0 aromatic heterocycles. The van der Waals surface area contributed by atoms with Gasteiger partial charge in [0.2, 0.25) is 0 Å². The highest BCUT2D eigenvalue weighted by atomic mass is 16.5. The topological polar surface area (TPSA) is 58.6 Å². The second-order valence-electron chi connectivity index (χ2n) is 2.81. The van der Waals surface area contributed by atoms with E-state index in [-0.39, 0.29) is 0 Å². The third-order valence-electron chi connectivity index (χ3n) is 1.73. The van der Waals surface area contributed by atoms with Crippen molar-refractivity contribution in [2.75, 3.05) is 6.61 Å². The Labute approximate surface area is 88.1 Å². The first-order valence-electron chi connectivity index (χ1n) is 4.61. The fourth-order valence-corrected chi connectivity index (χ4v) is 1.05. The number of nitrogens with one attached hydrogen (secondary N) is 1. The summed E-state index contributed by atoms with van der Waals surface area (Å²) in [5, 5.41) is 8.26. The molecule has 0 fully saturated rings. The molecule has 0 saturated heterocycles. The maximum Gasteiger partial charge on any atom is 0.267 e. The van der Waals surface area contributed by atoms with Crippen LogP contribution < -0.4 is 10.2 Å². The summed E-state index contributed by atoms with van der Waals surface area (Å²) in [6, 6.07) is 7.29. The van der Waals surface area contributed by atoms with Crippen molar-refractivity contribution < 1.29 is 14.7 Å². The second kappa shape index (κ2) is 5.82. The molecule has 0 saturated carbocycles. The van der Waals surface area contributed by atoms with Crippen LogP contribution in [0.15, 0.2) is 30.3 Å². The van der Waals surface area contributed by atoms with Crippen LogP contribution in [-0.4, -0.2) is 17.7 Å². The van der Waals surface area contributed by atoms with Crippen LogP contribution in [0.2, 0.25) is 0 Å². The predicted octanol–water partition coefficient (Wildman–Crippen LogP) is 1.60. The van der Waals surface area contributed by atoms with Crippen molar-refractivity contribution in [1.82, 2.24) is 5.48 Å². The van der Waals surface area contributed by atoms with E-state index in [9.17, 15) is 4.79 Å². The van der Waals surface area contributed by atoms with E-state index in [0.717, 1.165) is 11.3 Å². The highest BCUT2D eigenvalue weighted by Crippen LogP contribution is 2.12. The van der Waals surface area contributed by atoms with Crippen molar-refractivity contribution in [1.29, 1.82) is 0 Å². The van der Waals surface area contributed by atoms with E-state index in [1.54, 1.807) is 6.08 Å². The molecule has 1 aromatic carbocycles. The molecule has 0 heterocycles. The first-order valence-corrected chi connectivity index (χ1v) is 4.61. The number of carbonyl (C=O) groups is 1. The highest BCUT2D eigenvalue weighted by Gasteiger charge is 1.93. The van der Waals surface area contributed by atoms with Gasteiger partial charge < -0.3 is 4.74 Å². The number of benzene rings is 1. The number of carbonyl (C=O) groups excluding carboxylic acids is 1. The fourth-order valence-electron chi connectivity index (χ4n) is 1.05. The van der Waals surface area contributed by atoms with Gasteiger partial charge in [-0.05, 0) is 30.7 Å². The lowest BCUT2D eigenvalue weighted by atomic mass is 10.2. The minimum absolute atomic E-state index is 0.552. The Morgan fingerprint density at radius 3 is 2.67 bits per heavy atom. The zero-order chi connectivity index (χ0) is 11.1. The lowest BCUT2D eigenvalue weighted by Gasteiger charge is -2.01. The van der Waals surface area contributed by atoms with Crippen LogP contribution in [0, 0.1) is 0 Å². The molecular weight excluding hydrogens is 194 g/mol. The highest BCUT2D eigenvalue weighted by molar-refractivity contribution is 5.90. The largest absolute Gasteiger partial charge is 0.494 e. The molecule has 0 aliphatic carbocycles. The van der Waals surface area contributed by atoms with Gasteiger partial charge in [0.05, 0.1) is 6.61 Å². The maximum atomic E-state index is 10.7. The van der Waals surface area contributed by atoms with Crippen LogP contribution in [0.25, 0.3) is 6.08 Å². The van der Waals surface area contributed by atoms with E-state index < -0.39 is 5.91 Å². The normalized spacial score (nSPS) is 10.3. The average molecular weight is 207 g/mol. The molecule has 15 heavy (non-hydrogen) atoms. The van der Waals surface area contributed by atoms with E-state index in [4.69, 9.17) is 9.94 Å². The molecule has 4 heteroatoms. The minimum Gasteiger partial charge on any atom is -0.494 e. The Kier molecular flexibility index (Phi) is 4.37. The summed E-state index contributed by atoms with van der Waals surface area (Å²) in [4.78, 5) is 10.7. The summed E-state index contributed by atoms with van der Waals surface area (Å²) in [7, 11) is 0. The molecule has 0 radical (unpaired) electrons. The molecule has 0 spiro atoms. The van der Waals surface area contributed by atoms with Gasteiger partial charge in [-0.2, -0.15) is 0 Å². The van der Waals surface area contributed by atoms with Crippen LogP contribution in [0.4, 0.5) is 0 Å². The zero-order valence-electron chi connectivity index (χ0n) is 8.43. The van der Waals surface area contributed by atoms with Crippen molar-refractivity contribution in [2.45, 2.75) is 6.92 Å². The lowest BCUT2D eigenvalue weighted by molar-refractivity contribution is -0.124. The van der Waals surface area contributed by atoms with Crippen LogP contribution >= 0.6 is 0 Å². The van der Waals surface area contributed by atoms with Gasteiger partial charge in [-0.1, -0.05) is 12.1 Å². The van der Waals surface area contributed by atoms with Crippen LogP contribution in [0.1, 0.15) is 12.5 Å². The van der Waals surface area contributed by atoms with Gasteiger partial charge in [-0.15, -0.1) is 0 Å². The summed E-state index contributed by atoms with van der Waals surface area (Å²) in [5.74, 6) is 0.241. The van der Waals surface area contributed by atoms with Crippen molar-refractivity contribution in [3.63, 3.8) is 0 Å². The summed E-state index contributed by atoms with van der Waals surface area (Å²) in [6.45, 7) is 2.54. The number of rotatable bonds is 4. The van der Waals surface area contributed by atoms with E-state index in [1.165, 1.54) is 11.6 Å². The van der Waals surface area contributed by atoms with E-state index in [1.807, 2.05) is 31.2 Å². The van der Waals surface area contributed by atoms with Gasteiger partial charge in [0.15, 0.2) is 0 Å². The molecule has 0 aliphatic rings. The quantitative estimate of drug-likeness (QED) is 0.448. The van der Waals surface area contributed by atoms with E-state index in [0.29, 0.717) is 6.61 Å². The molecule has 1 amide bonds. The standard InChI is InChI=1S/C11H13NO3/c1-2-15-10-6-3-9(4-7-10)5-8-11(13)12-14/h3-8,14H,2H2,1H3,(H,12,13)/b8-5+. The monoisotopic (exact) mass is 207 g/mol. The summed E-state index contributed by atoms with van der Waals surface area (Å²) in [5.41, 5.74) is 2.38. The predicted molar refractivity (Wildman–Crippen MR) is 56.6 cm³/mol. The number of hydroxylamine groups is 1. The fraction of sp³-hybridized carbons (Fsp3) is 0.182. The van der Waals surface area contributed by atoms with Crippen molar-refractivity contribution in [3.8, 4) is 5.75 Å². The second-order valence-corrected chi connectivity index (χ2v) is 2.81. The molecule has 1 aromatic rings. The third kappa shape index (κ3) is 3.83. The third-order valence-corrected chi connectivity index (χ3v) is 1.73. The smallest absolute Gasteiger partial charge is 0.267 e. The molecule has 4 nitrogen and oxygen atoms in total. The Hall–Kier alpha value is -1.81. The van der Waals surface area contributed by atoms with Gasteiger partial charge in [0, 0.05) is 6.08 Å². The van der Waals surface area contributed by atoms with Crippen molar-refractivity contribution >= 4 is 12.0 Å². The Morgan fingerprint density at radius 2 is 2.13 bits per heavy atom. The van der Waals surface area contributed by atoms with Crippen molar-refractivity contribution in [2.24, 2.45) is 0 Å². The first-order chi connectivity index (χ1) is 7.26. The molecule has 80 valence electrons. The van der Waals surface area contributed by atoms with E-state index >= 15 is 0 Å². The SMILES string of the molecule is CCOc1ccc(/C=C/C(=O)NO)cc1. The first kappa shape index (κ1) is 11.3. The number of hydrogen-bond donors (Lipinski definition) is 2. The lowest BCUT2D eigenvalue weighted by Crippen LogP contribution is -2.14. The minimum atomic E-state index is -0.552.